The highest BCUT2D eigenvalue weighted by Crippen LogP contribution is 2.32. The van der Waals surface area contributed by atoms with Crippen LogP contribution in [0.4, 0.5) is 5.13 Å². The summed E-state index contributed by atoms with van der Waals surface area (Å²) in [6.45, 7) is 0.933. The second kappa shape index (κ2) is 4.59. The van der Waals surface area contributed by atoms with Gasteiger partial charge in [-0.25, -0.2) is 9.78 Å². The summed E-state index contributed by atoms with van der Waals surface area (Å²) in [6.07, 6.45) is 3.82. The van der Waals surface area contributed by atoms with Crippen LogP contribution in [0.15, 0.2) is 0 Å². The quantitative estimate of drug-likeness (QED) is 0.904. The zero-order chi connectivity index (χ0) is 11.7. The Labute approximate surface area is 103 Å². The molecule has 1 aliphatic carbocycles. The number of aromatic carboxylic acids is 1. The van der Waals surface area contributed by atoms with E-state index in [0.29, 0.717) is 5.13 Å². The average Bonchev–Trinajstić information content (AvgIpc) is 2.53. The maximum Gasteiger partial charge on any atom is 0.349 e. The lowest BCUT2D eigenvalue weighted by Gasteiger charge is -2.29. The van der Waals surface area contributed by atoms with E-state index in [1.165, 1.54) is 19.3 Å². The van der Waals surface area contributed by atoms with Crippen LogP contribution in [0, 0.1) is 5.92 Å². The summed E-state index contributed by atoms with van der Waals surface area (Å²) < 4.78 is 0. The van der Waals surface area contributed by atoms with Gasteiger partial charge in [0.2, 0.25) is 0 Å². The van der Waals surface area contributed by atoms with Crippen LogP contribution in [0.2, 0.25) is 5.15 Å². The van der Waals surface area contributed by atoms with Crippen LogP contribution in [-0.2, 0) is 0 Å². The Kier molecular flexibility index (Phi) is 3.35. The topological polar surface area (TPSA) is 53.4 Å². The van der Waals surface area contributed by atoms with Crippen molar-refractivity contribution in [1.29, 1.82) is 0 Å². The molecule has 0 radical (unpaired) electrons. The van der Waals surface area contributed by atoms with Crippen molar-refractivity contribution in [1.82, 2.24) is 4.98 Å². The smallest absolute Gasteiger partial charge is 0.349 e. The summed E-state index contributed by atoms with van der Waals surface area (Å²) in [4.78, 5) is 17.0. The SMILES string of the molecule is CN(CC1CCC1)c1nc(Cl)c(C(=O)O)s1. The van der Waals surface area contributed by atoms with Crippen molar-refractivity contribution in [2.75, 3.05) is 18.5 Å². The fourth-order valence-corrected chi connectivity index (χ4v) is 2.82. The molecule has 88 valence electrons. The number of anilines is 1. The van der Waals surface area contributed by atoms with Crippen LogP contribution in [-0.4, -0.2) is 29.7 Å². The maximum atomic E-state index is 10.8. The van der Waals surface area contributed by atoms with Crippen LogP contribution in [0.25, 0.3) is 0 Å². The third-order valence-electron chi connectivity index (χ3n) is 2.85. The van der Waals surface area contributed by atoms with E-state index in [4.69, 9.17) is 16.7 Å². The number of carboxylic acid groups (broad SMARTS) is 1. The van der Waals surface area contributed by atoms with Crippen molar-refractivity contribution in [2.45, 2.75) is 19.3 Å². The summed E-state index contributed by atoms with van der Waals surface area (Å²) in [5.74, 6) is -0.285. The Morgan fingerprint density at radius 2 is 2.38 bits per heavy atom. The van der Waals surface area contributed by atoms with E-state index in [9.17, 15) is 4.79 Å². The molecule has 1 aromatic heterocycles. The largest absolute Gasteiger partial charge is 0.477 e. The minimum absolute atomic E-state index is 0.0907. The van der Waals surface area contributed by atoms with Crippen molar-refractivity contribution in [3.05, 3.63) is 10.0 Å². The first-order valence-electron chi connectivity index (χ1n) is 5.18. The van der Waals surface area contributed by atoms with Gasteiger partial charge in [0, 0.05) is 13.6 Å². The third kappa shape index (κ3) is 2.30. The lowest BCUT2D eigenvalue weighted by Crippen LogP contribution is -2.29. The fraction of sp³-hybridized carbons (Fsp3) is 0.600. The Bertz CT molecular complexity index is 404. The van der Waals surface area contributed by atoms with E-state index in [2.05, 4.69) is 4.98 Å². The van der Waals surface area contributed by atoms with Crippen LogP contribution >= 0.6 is 22.9 Å². The molecule has 6 heteroatoms. The number of carboxylic acids is 1. The molecular weight excluding hydrogens is 248 g/mol. The Hall–Kier alpha value is -0.810. The number of hydrogen-bond acceptors (Lipinski definition) is 4. The molecule has 0 aliphatic heterocycles. The lowest BCUT2D eigenvalue weighted by atomic mass is 9.85. The summed E-state index contributed by atoms with van der Waals surface area (Å²) in [6, 6.07) is 0. The summed E-state index contributed by atoms with van der Waals surface area (Å²) >= 11 is 6.90. The Morgan fingerprint density at radius 3 is 2.81 bits per heavy atom. The summed E-state index contributed by atoms with van der Waals surface area (Å²) in [7, 11) is 1.93. The molecule has 0 spiro atoms. The second-order valence-electron chi connectivity index (χ2n) is 4.10. The molecule has 0 amide bonds. The minimum Gasteiger partial charge on any atom is -0.477 e. The van der Waals surface area contributed by atoms with Crippen molar-refractivity contribution < 1.29 is 9.90 Å². The summed E-state index contributed by atoms with van der Waals surface area (Å²) in [5.41, 5.74) is 0. The molecule has 16 heavy (non-hydrogen) atoms. The zero-order valence-corrected chi connectivity index (χ0v) is 10.5. The van der Waals surface area contributed by atoms with Crippen LogP contribution in [0.5, 0.6) is 0 Å². The van der Waals surface area contributed by atoms with Crippen molar-refractivity contribution in [3.63, 3.8) is 0 Å². The molecule has 1 aromatic rings. The van der Waals surface area contributed by atoms with Gasteiger partial charge in [-0.2, -0.15) is 0 Å². The predicted octanol–water partition coefficient (Wildman–Crippen LogP) is 2.73. The number of nitrogens with zero attached hydrogens (tertiary/aromatic N) is 2. The van der Waals surface area contributed by atoms with Crippen molar-refractivity contribution in [2.24, 2.45) is 5.92 Å². The van der Waals surface area contributed by atoms with Gasteiger partial charge in [-0.15, -0.1) is 0 Å². The van der Waals surface area contributed by atoms with Gasteiger partial charge in [0.1, 0.15) is 0 Å². The number of thiazole rings is 1. The van der Waals surface area contributed by atoms with E-state index in [0.717, 1.165) is 23.8 Å². The van der Waals surface area contributed by atoms with Crippen LogP contribution < -0.4 is 4.90 Å². The first-order valence-corrected chi connectivity index (χ1v) is 6.38. The molecule has 1 aliphatic rings. The van der Waals surface area contributed by atoms with Crippen molar-refractivity contribution >= 4 is 34.0 Å². The minimum atomic E-state index is -1.01. The highest BCUT2D eigenvalue weighted by molar-refractivity contribution is 7.18. The van der Waals surface area contributed by atoms with E-state index < -0.39 is 5.97 Å². The molecule has 1 N–H and O–H groups in total. The van der Waals surface area contributed by atoms with Gasteiger partial charge in [0.15, 0.2) is 15.2 Å². The molecule has 0 aromatic carbocycles. The molecule has 0 unspecified atom stereocenters. The van der Waals surface area contributed by atoms with Gasteiger partial charge in [-0.3, -0.25) is 0 Å². The molecular formula is C10H13ClN2O2S. The van der Waals surface area contributed by atoms with Gasteiger partial charge >= 0.3 is 5.97 Å². The first kappa shape index (κ1) is 11.7. The lowest BCUT2D eigenvalue weighted by molar-refractivity contribution is 0.0702. The number of carbonyl (C=O) groups is 1. The molecule has 1 fully saturated rings. The maximum absolute atomic E-state index is 10.8. The molecule has 0 saturated heterocycles. The predicted molar refractivity (Wildman–Crippen MR) is 64.7 cm³/mol. The molecule has 1 heterocycles. The summed E-state index contributed by atoms with van der Waals surface area (Å²) in [5, 5.41) is 9.65. The fourth-order valence-electron chi connectivity index (χ4n) is 1.73. The van der Waals surface area contributed by atoms with Gasteiger partial charge < -0.3 is 10.0 Å². The highest BCUT2D eigenvalue weighted by Gasteiger charge is 2.22. The average molecular weight is 261 g/mol. The monoisotopic (exact) mass is 260 g/mol. The molecule has 0 bridgehead atoms. The van der Waals surface area contributed by atoms with Gasteiger partial charge in [0.25, 0.3) is 0 Å². The standard InChI is InChI=1S/C10H13ClN2O2S/c1-13(5-6-3-2-4-6)10-12-8(11)7(16-10)9(14)15/h6H,2-5H2,1H3,(H,14,15). The van der Waals surface area contributed by atoms with E-state index in [1.807, 2.05) is 11.9 Å². The molecule has 0 atom stereocenters. The van der Waals surface area contributed by atoms with E-state index in [-0.39, 0.29) is 10.0 Å². The number of rotatable bonds is 4. The number of halogens is 1. The van der Waals surface area contributed by atoms with Gasteiger partial charge in [0.05, 0.1) is 0 Å². The Balaban J connectivity index is 2.07. The third-order valence-corrected chi connectivity index (χ3v) is 4.40. The first-order chi connectivity index (χ1) is 7.58. The van der Waals surface area contributed by atoms with Crippen molar-refractivity contribution in [3.8, 4) is 0 Å². The number of hydrogen-bond donors (Lipinski definition) is 1. The molecule has 4 nitrogen and oxygen atoms in total. The highest BCUT2D eigenvalue weighted by atomic mass is 35.5. The second-order valence-corrected chi connectivity index (χ2v) is 5.43. The zero-order valence-electron chi connectivity index (χ0n) is 8.94. The molecule has 1 saturated carbocycles. The molecule has 2 rings (SSSR count). The van der Waals surface area contributed by atoms with E-state index >= 15 is 0 Å². The number of aromatic nitrogens is 1. The Morgan fingerprint density at radius 1 is 1.69 bits per heavy atom. The van der Waals surface area contributed by atoms with Gasteiger partial charge in [-0.05, 0) is 18.8 Å². The van der Waals surface area contributed by atoms with Crippen LogP contribution in [0.1, 0.15) is 28.9 Å². The van der Waals surface area contributed by atoms with Crippen LogP contribution in [0.3, 0.4) is 0 Å². The van der Waals surface area contributed by atoms with E-state index in [1.54, 1.807) is 0 Å². The normalized spacial score (nSPS) is 15.9. The van der Waals surface area contributed by atoms with Gasteiger partial charge in [-0.1, -0.05) is 29.4 Å².